The van der Waals surface area contributed by atoms with E-state index < -0.39 is 0 Å². The van der Waals surface area contributed by atoms with Gasteiger partial charge in [0.1, 0.15) is 0 Å². The molecule has 1 aliphatic carbocycles. The quantitative estimate of drug-likeness (QED) is 0.438. The minimum absolute atomic E-state index is 0.931. The van der Waals surface area contributed by atoms with Crippen LogP contribution >= 0.6 is 0 Å². The zero-order valence-electron chi connectivity index (χ0n) is 18.2. The van der Waals surface area contributed by atoms with Gasteiger partial charge >= 0.3 is 0 Å². The second-order valence-electron chi connectivity index (χ2n) is 7.91. The highest BCUT2D eigenvalue weighted by atomic mass is 14.9. The van der Waals surface area contributed by atoms with Gasteiger partial charge in [-0.15, -0.1) is 0 Å². The second kappa shape index (κ2) is 7.08. The van der Waals surface area contributed by atoms with E-state index in [9.17, 15) is 0 Å². The Morgan fingerprint density at radius 1 is 0.931 bits per heavy atom. The molecule has 0 saturated carbocycles. The van der Waals surface area contributed by atoms with Gasteiger partial charge in [-0.05, 0) is 102 Å². The standard InChI is InChI=1S/C28H29N/c1-8-12-22-17(5)28-27(18(6)26(13-9-2)29(28)7)25-16-23-20(15-24(22)25)14-19(10-3)21(23)11-4/h8-13,15-16H,3-4,14H2,1-2,5-7H3/b12-8-,13-9-. The largest absolute Gasteiger partial charge is 0.344 e. The van der Waals surface area contributed by atoms with Crippen LogP contribution in [0.1, 0.15) is 47.4 Å². The van der Waals surface area contributed by atoms with Gasteiger partial charge in [0.25, 0.3) is 0 Å². The van der Waals surface area contributed by atoms with E-state index in [2.05, 4.69) is 88.9 Å². The number of hydrogen-bond acceptors (Lipinski definition) is 0. The summed E-state index contributed by atoms with van der Waals surface area (Å²) in [5, 5.41) is 4.02. The van der Waals surface area contributed by atoms with Gasteiger partial charge in [0.05, 0.1) is 5.52 Å². The maximum atomic E-state index is 4.07. The third kappa shape index (κ3) is 2.61. The molecule has 1 heterocycles. The average Bonchev–Trinajstić information content (AvgIpc) is 3.19. The number of aromatic nitrogens is 1. The molecule has 0 fully saturated rings. The van der Waals surface area contributed by atoms with Crippen molar-refractivity contribution in [1.29, 1.82) is 0 Å². The van der Waals surface area contributed by atoms with Gasteiger partial charge in [-0.3, -0.25) is 0 Å². The van der Waals surface area contributed by atoms with Gasteiger partial charge in [-0.25, -0.2) is 0 Å². The van der Waals surface area contributed by atoms with Crippen LogP contribution in [0.2, 0.25) is 0 Å². The molecule has 0 unspecified atom stereocenters. The minimum atomic E-state index is 0.931. The van der Waals surface area contributed by atoms with Gasteiger partial charge in [-0.1, -0.05) is 43.5 Å². The van der Waals surface area contributed by atoms with Crippen LogP contribution in [0.3, 0.4) is 0 Å². The third-order valence-corrected chi connectivity index (χ3v) is 6.38. The van der Waals surface area contributed by atoms with E-state index in [1.165, 1.54) is 66.3 Å². The van der Waals surface area contributed by atoms with Crippen LogP contribution in [-0.4, -0.2) is 4.57 Å². The van der Waals surface area contributed by atoms with Crippen LogP contribution in [0.4, 0.5) is 0 Å². The molecule has 1 heteroatoms. The summed E-state index contributed by atoms with van der Waals surface area (Å²) < 4.78 is 2.35. The van der Waals surface area contributed by atoms with Crippen molar-refractivity contribution >= 4 is 39.4 Å². The molecule has 3 aromatic rings. The van der Waals surface area contributed by atoms with Crippen molar-refractivity contribution in [2.24, 2.45) is 7.05 Å². The molecule has 29 heavy (non-hydrogen) atoms. The predicted octanol–water partition coefficient (Wildman–Crippen LogP) is 7.70. The van der Waals surface area contributed by atoms with Crippen molar-refractivity contribution in [2.45, 2.75) is 34.1 Å². The molecule has 0 saturated heterocycles. The molecule has 0 atom stereocenters. The lowest BCUT2D eigenvalue weighted by molar-refractivity contribution is 0.944. The van der Waals surface area contributed by atoms with Crippen molar-refractivity contribution in [3.05, 3.63) is 88.7 Å². The Morgan fingerprint density at radius 3 is 2.28 bits per heavy atom. The Morgan fingerprint density at radius 2 is 1.66 bits per heavy atom. The molecule has 146 valence electrons. The van der Waals surface area contributed by atoms with Crippen molar-refractivity contribution in [2.75, 3.05) is 0 Å². The molecule has 0 amide bonds. The molecule has 0 spiro atoms. The van der Waals surface area contributed by atoms with Crippen molar-refractivity contribution < 1.29 is 0 Å². The topological polar surface area (TPSA) is 4.93 Å². The number of rotatable bonds is 4. The first kappa shape index (κ1) is 19.3. The number of benzene rings is 2. The summed E-state index contributed by atoms with van der Waals surface area (Å²) in [6.45, 7) is 16.8. The highest BCUT2D eigenvalue weighted by Gasteiger charge is 2.23. The van der Waals surface area contributed by atoms with Gasteiger partial charge in [-0.2, -0.15) is 0 Å². The summed E-state index contributed by atoms with van der Waals surface area (Å²) in [7, 11) is 2.18. The number of aryl methyl sites for hydroxylation is 3. The Hall–Kier alpha value is -3.06. The Bertz CT molecular complexity index is 1290. The first-order valence-corrected chi connectivity index (χ1v) is 10.3. The lowest BCUT2D eigenvalue weighted by atomic mass is 9.90. The summed E-state index contributed by atoms with van der Waals surface area (Å²) in [5.41, 5.74) is 11.8. The number of allylic oxidation sites excluding steroid dienone is 6. The van der Waals surface area contributed by atoms with Crippen molar-refractivity contribution in [1.82, 2.24) is 4.57 Å². The lowest BCUT2D eigenvalue weighted by Crippen LogP contribution is -1.96. The number of nitrogens with zero attached hydrogens (tertiary/aromatic N) is 1. The molecule has 1 aromatic heterocycles. The molecule has 0 radical (unpaired) electrons. The molecule has 2 aromatic carbocycles. The molecule has 0 bridgehead atoms. The zero-order chi connectivity index (χ0) is 20.9. The second-order valence-corrected chi connectivity index (χ2v) is 7.91. The lowest BCUT2D eigenvalue weighted by Gasteiger charge is -2.14. The highest BCUT2D eigenvalue weighted by Crippen LogP contribution is 2.43. The highest BCUT2D eigenvalue weighted by molar-refractivity contribution is 6.15. The molecule has 0 N–H and O–H groups in total. The fourth-order valence-corrected chi connectivity index (χ4v) is 5.09. The van der Waals surface area contributed by atoms with Crippen LogP contribution in [0.15, 0.2) is 55.2 Å². The van der Waals surface area contributed by atoms with E-state index in [0.717, 1.165) is 6.42 Å². The summed E-state index contributed by atoms with van der Waals surface area (Å²) in [5.74, 6) is 0. The molecule has 1 nitrogen and oxygen atoms in total. The first-order chi connectivity index (χ1) is 14.0. The Balaban J connectivity index is 2.25. The van der Waals surface area contributed by atoms with Gasteiger partial charge in [0, 0.05) is 18.1 Å². The van der Waals surface area contributed by atoms with Gasteiger partial charge in [0.15, 0.2) is 0 Å². The molecule has 0 aliphatic heterocycles. The monoisotopic (exact) mass is 379 g/mol. The van der Waals surface area contributed by atoms with E-state index in [-0.39, 0.29) is 0 Å². The molecular weight excluding hydrogens is 350 g/mol. The van der Waals surface area contributed by atoms with Crippen molar-refractivity contribution in [3.63, 3.8) is 0 Å². The zero-order valence-corrected chi connectivity index (χ0v) is 18.2. The van der Waals surface area contributed by atoms with E-state index in [0.29, 0.717) is 0 Å². The Kier molecular flexibility index (Phi) is 4.70. The normalized spacial score (nSPS) is 14.1. The SMILES string of the molecule is C=CC1=C(C=C)c2cc3c(cc2C1)c(/C=C\C)c(C)c1c3c(C)c(/C=C\C)n1C. The fourth-order valence-electron chi connectivity index (χ4n) is 5.09. The third-order valence-electron chi connectivity index (χ3n) is 6.38. The van der Waals surface area contributed by atoms with E-state index >= 15 is 0 Å². The van der Waals surface area contributed by atoms with E-state index in [4.69, 9.17) is 0 Å². The summed E-state index contributed by atoms with van der Waals surface area (Å²) in [6.07, 6.45) is 13.6. The molecule has 1 aliphatic rings. The number of hydrogen-bond donors (Lipinski definition) is 0. The van der Waals surface area contributed by atoms with Crippen LogP contribution in [0, 0.1) is 13.8 Å². The van der Waals surface area contributed by atoms with Crippen LogP contribution < -0.4 is 0 Å². The van der Waals surface area contributed by atoms with Crippen LogP contribution in [0.5, 0.6) is 0 Å². The predicted molar refractivity (Wildman–Crippen MR) is 130 cm³/mol. The van der Waals surface area contributed by atoms with Crippen LogP contribution in [-0.2, 0) is 13.5 Å². The average molecular weight is 380 g/mol. The van der Waals surface area contributed by atoms with Gasteiger partial charge in [0.2, 0.25) is 0 Å². The Labute approximate surface area is 174 Å². The summed E-state index contributed by atoms with van der Waals surface area (Å²) in [4.78, 5) is 0. The maximum Gasteiger partial charge on any atom is 0.0527 e. The fraction of sp³-hybridized carbons (Fsp3) is 0.214. The van der Waals surface area contributed by atoms with Crippen molar-refractivity contribution in [3.8, 4) is 0 Å². The van der Waals surface area contributed by atoms with Gasteiger partial charge < -0.3 is 4.57 Å². The first-order valence-electron chi connectivity index (χ1n) is 10.3. The molecule has 4 rings (SSSR count). The summed E-state index contributed by atoms with van der Waals surface area (Å²) in [6, 6.07) is 4.79. The van der Waals surface area contributed by atoms with E-state index in [1.807, 2.05) is 12.2 Å². The number of fused-ring (bicyclic) bond motifs is 4. The van der Waals surface area contributed by atoms with Crippen LogP contribution in [0.25, 0.3) is 39.4 Å². The summed E-state index contributed by atoms with van der Waals surface area (Å²) >= 11 is 0. The molecular formula is C28H29N. The van der Waals surface area contributed by atoms with E-state index in [1.54, 1.807) is 0 Å². The smallest absolute Gasteiger partial charge is 0.0527 e. The maximum absolute atomic E-state index is 4.07. The minimum Gasteiger partial charge on any atom is -0.344 e.